The quantitative estimate of drug-likeness (QED) is 0.640. The highest BCUT2D eigenvalue weighted by atomic mass is 16.2. The first-order chi connectivity index (χ1) is 16.1. The minimum absolute atomic E-state index is 0.00375. The zero-order chi connectivity index (χ0) is 22.8. The summed E-state index contributed by atoms with van der Waals surface area (Å²) >= 11 is 0. The molecular formula is C26H29N5O2. The third-order valence-electron chi connectivity index (χ3n) is 6.66. The van der Waals surface area contributed by atoms with Crippen molar-refractivity contribution in [3.05, 3.63) is 59.9 Å². The molecule has 0 aliphatic carbocycles. The Hall–Kier alpha value is -3.48. The van der Waals surface area contributed by atoms with Crippen LogP contribution >= 0.6 is 0 Å². The number of benzene rings is 2. The van der Waals surface area contributed by atoms with Gasteiger partial charge in [-0.05, 0) is 43.0 Å². The van der Waals surface area contributed by atoms with Crippen LogP contribution in [0.15, 0.2) is 48.5 Å². The number of amides is 2. The number of hydrogen-bond acceptors (Lipinski definition) is 4. The van der Waals surface area contributed by atoms with Crippen molar-refractivity contribution in [2.75, 3.05) is 16.8 Å². The first-order valence-corrected chi connectivity index (χ1v) is 11.9. The Labute approximate surface area is 193 Å². The molecule has 5 rings (SSSR count). The number of hydrogen-bond donors (Lipinski definition) is 1. The minimum Gasteiger partial charge on any atom is -0.326 e. The number of aromatic nitrogens is 3. The van der Waals surface area contributed by atoms with Crippen molar-refractivity contribution in [3.8, 4) is 11.4 Å². The standard InChI is InChI=1S/C26H29N5O2/c1-2-18-9-5-6-12-22(18)31-17-20(16-24(31)32)26(33)27-21-11-8-10-19(15-21)25-29-28-23-13-4-3-7-14-30(23)25/h5-6,8-12,15,20H,2-4,7,13-14,16-17H2,1H3,(H,27,33)/t20-/m1/s1. The molecule has 33 heavy (non-hydrogen) atoms. The van der Waals surface area contributed by atoms with E-state index in [1.54, 1.807) is 4.90 Å². The van der Waals surface area contributed by atoms with E-state index in [-0.39, 0.29) is 24.2 Å². The number of fused-ring (bicyclic) bond motifs is 1. The zero-order valence-corrected chi connectivity index (χ0v) is 19.0. The van der Waals surface area contributed by atoms with Crippen LogP contribution in [0.4, 0.5) is 11.4 Å². The molecule has 1 saturated heterocycles. The summed E-state index contributed by atoms with van der Waals surface area (Å²) in [7, 11) is 0. The SMILES string of the molecule is CCc1ccccc1N1C[C@H](C(=O)Nc2cccc(-c3nnc4n3CCCCC4)c2)CC1=O. The first kappa shape index (κ1) is 21.4. The number of nitrogens with one attached hydrogen (secondary N) is 1. The molecule has 0 saturated carbocycles. The minimum atomic E-state index is -0.379. The number of rotatable bonds is 5. The van der Waals surface area contributed by atoms with Crippen LogP contribution in [0.5, 0.6) is 0 Å². The molecule has 170 valence electrons. The Morgan fingerprint density at radius 1 is 1.09 bits per heavy atom. The lowest BCUT2D eigenvalue weighted by molar-refractivity contribution is -0.122. The van der Waals surface area contributed by atoms with Gasteiger partial charge in [0.05, 0.1) is 5.92 Å². The summed E-state index contributed by atoms with van der Waals surface area (Å²) in [6, 6.07) is 15.7. The summed E-state index contributed by atoms with van der Waals surface area (Å²) in [5.41, 5.74) is 3.68. The van der Waals surface area contributed by atoms with Crippen molar-refractivity contribution >= 4 is 23.2 Å². The van der Waals surface area contributed by atoms with Crippen LogP contribution in [0.3, 0.4) is 0 Å². The molecule has 2 amide bonds. The van der Waals surface area contributed by atoms with Crippen molar-refractivity contribution in [2.24, 2.45) is 5.92 Å². The first-order valence-electron chi connectivity index (χ1n) is 11.9. The van der Waals surface area contributed by atoms with Crippen molar-refractivity contribution < 1.29 is 9.59 Å². The molecule has 0 spiro atoms. The van der Waals surface area contributed by atoms with Crippen LogP contribution in [0, 0.1) is 5.92 Å². The van der Waals surface area contributed by atoms with E-state index in [4.69, 9.17) is 0 Å². The largest absolute Gasteiger partial charge is 0.326 e. The average Bonchev–Trinajstić information content (AvgIpc) is 3.34. The zero-order valence-electron chi connectivity index (χ0n) is 19.0. The third-order valence-corrected chi connectivity index (χ3v) is 6.66. The molecule has 3 aromatic rings. The normalized spacial score (nSPS) is 18.2. The molecular weight excluding hydrogens is 414 g/mol. The summed E-state index contributed by atoms with van der Waals surface area (Å²) in [6.45, 7) is 3.40. The molecule has 0 radical (unpaired) electrons. The summed E-state index contributed by atoms with van der Waals surface area (Å²) in [4.78, 5) is 27.5. The molecule has 7 heteroatoms. The number of aryl methyl sites for hydroxylation is 2. The second kappa shape index (κ2) is 9.17. The van der Waals surface area contributed by atoms with Crippen LogP contribution in [-0.4, -0.2) is 33.1 Å². The number of para-hydroxylation sites is 1. The van der Waals surface area contributed by atoms with Crippen LogP contribution in [-0.2, 0) is 29.0 Å². The van der Waals surface area contributed by atoms with Gasteiger partial charge in [-0.25, -0.2) is 0 Å². The van der Waals surface area contributed by atoms with E-state index in [0.29, 0.717) is 12.2 Å². The van der Waals surface area contributed by atoms with Gasteiger partial charge in [-0.15, -0.1) is 10.2 Å². The van der Waals surface area contributed by atoms with Gasteiger partial charge < -0.3 is 14.8 Å². The van der Waals surface area contributed by atoms with Crippen LogP contribution in [0.2, 0.25) is 0 Å². The second-order valence-electron chi connectivity index (χ2n) is 8.86. The van der Waals surface area contributed by atoms with Gasteiger partial charge in [0.25, 0.3) is 0 Å². The highest BCUT2D eigenvalue weighted by Gasteiger charge is 2.35. The lowest BCUT2D eigenvalue weighted by atomic mass is 10.1. The van der Waals surface area contributed by atoms with Crippen molar-refractivity contribution in [2.45, 2.75) is 52.0 Å². The van der Waals surface area contributed by atoms with Gasteiger partial charge in [-0.3, -0.25) is 9.59 Å². The number of anilines is 2. The Kier molecular flexibility index (Phi) is 5.94. The Balaban J connectivity index is 1.31. The molecule has 0 bridgehead atoms. The maximum atomic E-state index is 13.0. The van der Waals surface area contributed by atoms with E-state index < -0.39 is 0 Å². The topological polar surface area (TPSA) is 80.1 Å². The monoisotopic (exact) mass is 443 g/mol. The molecule has 2 aliphatic rings. The van der Waals surface area contributed by atoms with Gasteiger partial charge in [0.1, 0.15) is 5.82 Å². The Bertz CT molecular complexity index is 1180. The molecule has 1 atom stereocenters. The fraction of sp³-hybridized carbons (Fsp3) is 0.385. The van der Waals surface area contributed by atoms with Crippen molar-refractivity contribution in [1.82, 2.24) is 14.8 Å². The molecule has 1 N–H and O–H groups in total. The average molecular weight is 444 g/mol. The van der Waals surface area contributed by atoms with E-state index in [0.717, 1.165) is 60.7 Å². The number of carbonyl (C=O) groups is 2. The van der Waals surface area contributed by atoms with Gasteiger partial charge in [0.2, 0.25) is 11.8 Å². The molecule has 3 heterocycles. The van der Waals surface area contributed by atoms with E-state index in [1.165, 1.54) is 6.42 Å². The number of nitrogens with zero attached hydrogens (tertiary/aromatic N) is 4. The molecule has 2 aromatic carbocycles. The lowest BCUT2D eigenvalue weighted by Gasteiger charge is -2.20. The van der Waals surface area contributed by atoms with Gasteiger partial charge in [0.15, 0.2) is 5.82 Å². The van der Waals surface area contributed by atoms with Crippen molar-refractivity contribution in [1.29, 1.82) is 0 Å². The highest BCUT2D eigenvalue weighted by molar-refractivity contribution is 6.04. The van der Waals surface area contributed by atoms with E-state index in [9.17, 15) is 9.59 Å². The fourth-order valence-electron chi connectivity index (χ4n) is 4.87. The van der Waals surface area contributed by atoms with Gasteiger partial charge >= 0.3 is 0 Å². The predicted octanol–water partition coefficient (Wildman–Crippen LogP) is 4.23. The molecule has 0 unspecified atom stereocenters. The summed E-state index contributed by atoms with van der Waals surface area (Å²) in [5, 5.41) is 11.8. The van der Waals surface area contributed by atoms with Gasteiger partial charge in [-0.1, -0.05) is 43.7 Å². The third kappa shape index (κ3) is 4.27. The predicted molar refractivity (Wildman–Crippen MR) is 128 cm³/mol. The van der Waals surface area contributed by atoms with E-state index in [2.05, 4.69) is 27.0 Å². The summed E-state index contributed by atoms with van der Waals surface area (Å²) in [6.07, 6.45) is 5.50. The van der Waals surface area contributed by atoms with E-state index in [1.807, 2.05) is 48.5 Å². The van der Waals surface area contributed by atoms with Crippen LogP contribution in [0.25, 0.3) is 11.4 Å². The van der Waals surface area contributed by atoms with Crippen LogP contribution in [0.1, 0.15) is 44.0 Å². The maximum Gasteiger partial charge on any atom is 0.229 e. The smallest absolute Gasteiger partial charge is 0.229 e. The van der Waals surface area contributed by atoms with Crippen molar-refractivity contribution in [3.63, 3.8) is 0 Å². The molecule has 1 fully saturated rings. The van der Waals surface area contributed by atoms with E-state index >= 15 is 0 Å². The molecule has 7 nitrogen and oxygen atoms in total. The highest BCUT2D eigenvalue weighted by Crippen LogP contribution is 2.30. The Morgan fingerprint density at radius 3 is 2.85 bits per heavy atom. The second-order valence-corrected chi connectivity index (χ2v) is 8.86. The fourth-order valence-corrected chi connectivity index (χ4v) is 4.87. The number of carbonyl (C=O) groups excluding carboxylic acids is 2. The molecule has 2 aliphatic heterocycles. The molecule has 1 aromatic heterocycles. The summed E-state index contributed by atoms with van der Waals surface area (Å²) < 4.78 is 2.20. The maximum absolute atomic E-state index is 13.0. The lowest BCUT2D eigenvalue weighted by Crippen LogP contribution is -2.28. The summed E-state index contributed by atoms with van der Waals surface area (Å²) in [5.74, 6) is 1.37. The van der Waals surface area contributed by atoms with Gasteiger partial charge in [0, 0.05) is 42.9 Å². The Morgan fingerprint density at radius 2 is 1.97 bits per heavy atom. The van der Waals surface area contributed by atoms with Gasteiger partial charge in [-0.2, -0.15) is 0 Å². The van der Waals surface area contributed by atoms with Crippen LogP contribution < -0.4 is 10.2 Å².